The summed E-state index contributed by atoms with van der Waals surface area (Å²) in [5.74, 6) is -0.497. The van der Waals surface area contributed by atoms with Crippen molar-refractivity contribution in [3.63, 3.8) is 0 Å². The lowest BCUT2D eigenvalue weighted by molar-refractivity contribution is 0.481. The third-order valence-corrected chi connectivity index (χ3v) is 6.77. The highest BCUT2D eigenvalue weighted by Crippen LogP contribution is 2.40. The number of hydrogen-bond acceptors (Lipinski definition) is 10. The summed E-state index contributed by atoms with van der Waals surface area (Å²) in [6.07, 6.45) is 0. The van der Waals surface area contributed by atoms with Crippen LogP contribution in [0.25, 0.3) is 10.8 Å². The average Bonchev–Trinajstić information content (AvgIpc) is 2.81. The lowest BCUT2D eigenvalue weighted by Crippen LogP contribution is -2.04. The van der Waals surface area contributed by atoms with Gasteiger partial charge in [-0.3, -0.25) is 9.11 Å². The molecule has 4 rings (SSSR count). The molecule has 0 fully saturated rings. The van der Waals surface area contributed by atoms with Gasteiger partial charge in [0, 0.05) is 10.8 Å². The van der Waals surface area contributed by atoms with Gasteiger partial charge in [0.25, 0.3) is 20.2 Å². The molecular weight excluding hydrogens is 510 g/mol. The maximum Gasteiger partial charge on any atom is 0.297 e. The van der Waals surface area contributed by atoms with Crippen LogP contribution in [0.2, 0.25) is 0 Å². The van der Waals surface area contributed by atoms with Gasteiger partial charge in [-0.1, -0.05) is 24.3 Å². The van der Waals surface area contributed by atoms with E-state index in [9.17, 15) is 31.0 Å². The fourth-order valence-corrected chi connectivity index (χ4v) is 4.77. The van der Waals surface area contributed by atoms with Gasteiger partial charge in [0.1, 0.15) is 21.2 Å². The second-order valence-electron chi connectivity index (χ2n) is 7.35. The Bertz CT molecular complexity index is 1760. The van der Waals surface area contributed by atoms with Crippen molar-refractivity contribution in [1.29, 1.82) is 0 Å². The maximum atomic E-state index is 11.9. The van der Waals surface area contributed by atoms with E-state index in [0.717, 1.165) is 6.07 Å². The number of nitrogens with zero attached hydrogens (tertiary/aromatic N) is 4. The average molecular weight is 528 g/mol. The van der Waals surface area contributed by atoms with Gasteiger partial charge in [-0.25, -0.2) is 0 Å². The van der Waals surface area contributed by atoms with E-state index in [0.29, 0.717) is 5.69 Å². The predicted molar refractivity (Wildman–Crippen MR) is 131 cm³/mol. The zero-order chi connectivity index (χ0) is 26.1. The molecule has 0 aliphatic carbocycles. The minimum Gasteiger partial charge on any atom is -0.505 e. The molecule has 0 bridgehead atoms. The van der Waals surface area contributed by atoms with Crippen molar-refractivity contribution in [3.8, 4) is 5.75 Å². The molecule has 0 unspecified atom stereocenters. The standard InChI is InChI=1S/C22H17N5O7S2/c23-17-9-7-15-16(22(17)36(32,33)34)8-11-19(21(15)28)27-26-18-10-6-14(12-20(18)35(29,30)31)25-24-13-4-2-1-3-5-13/h1-12,28H,23H2,(H,29,30,31)(H,32,33,34)/b25-24+,27-26+. The molecule has 4 aromatic carbocycles. The molecular formula is C22H17N5O7S2. The first-order valence-electron chi connectivity index (χ1n) is 9.97. The van der Waals surface area contributed by atoms with Gasteiger partial charge in [0.05, 0.1) is 17.1 Å². The molecule has 14 heteroatoms. The highest BCUT2D eigenvalue weighted by molar-refractivity contribution is 7.86. The molecule has 4 aromatic rings. The number of aromatic hydroxyl groups is 1. The Hall–Kier alpha value is -4.24. The Morgan fingerprint density at radius 1 is 0.639 bits per heavy atom. The molecule has 0 spiro atoms. The third-order valence-electron chi connectivity index (χ3n) is 4.91. The fraction of sp³-hybridized carbons (Fsp3) is 0. The first-order valence-corrected chi connectivity index (χ1v) is 12.8. The van der Waals surface area contributed by atoms with Crippen molar-refractivity contribution >= 4 is 59.4 Å². The third kappa shape index (κ3) is 5.21. The molecule has 0 radical (unpaired) electrons. The summed E-state index contributed by atoms with van der Waals surface area (Å²) in [5, 5.41) is 26.1. The van der Waals surface area contributed by atoms with E-state index in [1.165, 1.54) is 36.4 Å². The molecule has 0 aliphatic heterocycles. The van der Waals surface area contributed by atoms with Crippen LogP contribution in [0.1, 0.15) is 0 Å². The Morgan fingerprint density at radius 3 is 1.92 bits per heavy atom. The molecule has 0 saturated heterocycles. The molecule has 0 atom stereocenters. The topological polar surface area (TPSA) is 204 Å². The minimum atomic E-state index is -4.74. The monoisotopic (exact) mass is 527 g/mol. The van der Waals surface area contributed by atoms with Crippen molar-refractivity contribution < 1.29 is 31.0 Å². The number of nitrogen functional groups attached to an aromatic ring is 1. The quantitative estimate of drug-likeness (QED) is 0.144. The highest BCUT2D eigenvalue weighted by Gasteiger charge is 2.21. The van der Waals surface area contributed by atoms with Crippen LogP contribution in [0.5, 0.6) is 5.75 Å². The van der Waals surface area contributed by atoms with Crippen LogP contribution >= 0.6 is 0 Å². The Balaban J connectivity index is 1.75. The van der Waals surface area contributed by atoms with Crippen LogP contribution < -0.4 is 5.73 Å². The Morgan fingerprint density at radius 2 is 1.25 bits per heavy atom. The maximum absolute atomic E-state index is 11.9. The summed E-state index contributed by atoms with van der Waals surface area (Å²) < 4.78 is 66.5. The van der Waals surface area contributed by atoms with E-state index in [1.807, 2.05) is 0 Å². The van der Waals surface area contributed by atoms with E-state index in [-0.39, 0.29) is 33.5 Å². The van der Waals surface area contributed by atoms with Crippen molar-refractivity contribution in [2.24, 2.45) is 20.5 Å². The number of fused-ring (bicyclic) bond motifs is 1. The lowest BCUT2D eigenvalue weighted by Gasteiger charge is -2.09. The smallest absolute Gasteiger partial charge is 0.297 e. The fourth-order valence-electron chi connectivity index (χ4n) is 3.31. The van der Waals surface area contributed by atoms with Crippen molar-refractivity contribution in [1.82, 2.24) is 0 Å². The van der Waals surface area contributed by atoms with Crippen molar-refractivity contribution in [2.75, 3.05) is 5.73 Å². The highest BCUT2D eigenvalue weighted by atomic mass is 32.2. The lowest BCUT2D eigenvalue weighted by atomic mass is 10.1. The molecule has 0 heterocycles. The Labute approximate surface area is 205 Å². The minimum absolute atomic E-state index is 0.0000466. The van der Waals surface area contributed by atoms with Crippen LogP contribution in [0.3, 0.4) is 0 Å². The summed E-state index contributed by atoms with van der Waals surface area (Å²) in [7, 11) is -9.44. The van der Waals surface area contributed by atoms with E-state index in [2.05, 4.69) is 20.5 Å². The van der Waals surface area contributed by atoms with Gasteiger partial charge in [0.15, 0.2) is 5.75 Å². The number of hydrogen-bond donors (Lipinski definition) is 4. The number of anilines is 1. The molecule has 0 amide bonds. The number of rotatable bonds is 6. The summed E-state index contributed by atoms with van der Waals surface area (Å²) in [4.78, 5) is -1.18. The largest absolute Gasteiger partial charge is 0.505 e. The first-order chi connectivity index (χ1) is 16.9. The van der Waals surface area contributed by atoms with Crippen LogP contribution in [0.4, 0.5) is 28.4 Å². The molecule has 0 aliphatic rings. The summed E-state index contributed by atoms with van der Waals surface area (Å²) >= 11 is 0. The van der Waals surface area contributed by atoms with Crippen molar-refractivity contribution in [3.05, 3.63) is 72.8 Å². The molecule has 0 aromatic heterocycles. The van der Waals surface area contributed by atoms with Gasteiger partial charge in [0.2, 0.25) is 0 Å². The molecule has 184 valence electrons. The zero-order valence-electron chi connectivity index (χ0n) is 18.1. The van der Waals surface area contributed by atoms with Gasteiger partial charge in [-0.15, -0.1) is 10.2 Å². The second kappa shape index (κ2) is 9.43. The summed E-state index contributed by atoms with van der Waals surface area (Å²) in [6.45, 7) is 0. The molecule has 12 nitrogen and oxygen atoms in total. The van der Waals surface area contributed by atoms with Gasteiger partial charge in [-0.05, 0) is 48.5 Å². The van der Waals surface area contributed by atoms with E-state index >= 15 is 0 Å². The van der Waals surface area contributed by atoms with Gasteiger partial charge < -0.3 is 10.8 Å². The van der Waals surface area contributed by atoms with E-state index in [1.54, 1.807) is 30.3 Å². The first kappa shape index (κ1) is 24.9. The number of phenolic OH excluding ortho intramolecular Hbond substituents is 1. The summed E-state index contributed by atoms with van der Waals surface area (Å²) in [5.41, 5.74) is 5.68. The van der Waals surface area contributed by atoms with Crippen molar-refractivity contribution in [2.45, 2.75) is 9.79 Å². The molecule has 5 N–H and O–H groups in total. The van der Waals surface area contributed by atoms with Crippen LogP contribution in [-0.4, -0.2) is 31.0 Å². The van der Waals surface area contributed by atoms with E-state index in [4.69, 9.17) is 5.73 Å². The van der Waals surface area contributed by atoms with Crippen LogP contribution in [-0.2, 0) is 20.2 Å². The number of phenols is 1. The van der Waals surface area contributed by atoms with Crippen LogP contribution in [0, 0.1) is 0 Å². The predicted octanol–water partition coefficient (Wildman–Crippen LogP) is 5.45. The van der Waals surface area contributed by atoms with Gasteiger partial charge in [-0.2, -0.15) is 27.1 Å². The van der Waals surface area contributed by atoms with Crippen LogP contribution in [0.15, 0.2) is 103 Å². The SMILES string of the molecule is Nc1ccc2c(O)c(/N=N/c3ccc(/N=N/c4ccccc4)cc3S(=O)(=O)O)ccc2c1S(=O)(=O)O. The zero-order valence-corrected chi connectivity index (χ0v) is 19.7. The number of benzene rings is 4. The van der Waals surface area contributed by atoms with E-state index < -0.39 is 35.8 Å². The number of azo groups is 2. The normalized spacial score (nSPS) is 12.6. The summed E-state index contributed by atoms with van der Waals surface area (Å²) in [6, 6.07) is 17.3. The van der Waals surface area contributed by atoms with Gasteiger partial charge >= 0.3 is 0 Å². The number of nitrogens with two attached hydrogens (primary N) is 1. The molecule has 36 heavy (non-hydrogen) atoms. The molecule has 0 saturated carbocycles. The second-order valence-corrected chi connectivity index (χ2v) is 10.1. The Kier molecular flexibility index (Phi) is 6.51.